The summed E-state index contributed by atoms with van der Waals surface area (Å²) in [5.41, 5.74) is 0.840. The van der Waals surface area contributed by atoms with E-state index in [9.17, 15) is 4.79 Å². The number of aromatic nitrogens is 2. The van der Waals surface area contributed by atoms with Crippen molar-refractivity contribution >= 4 is 33.3 Å². The number of carbonyl (C=O) groups is 1. The highest BCUT2D eigenvalue weighted by Crippen LogP contribution is 2.33. The largest absolute Gasteiger partial charge is 0.465 e. The first-order valence-electron chi connectivity index (χ1n) is 5.74. The molecule has 2 aromatic rings. The molecule has 0 amide bonds. The average Bonchev–Trinajstić information content (AvgIpc) is 2.76. The molecule has 0 aliphatic heterocycles. The van der Waals surface area contributed by atoms with Crippen LogP contribution in [0, 0.1) is 6.92 Å². The van der Waals surface area contributed by atoms with E-state index in [1.807, 2.05) is 6.92 Å². The molecule has 0 aliphatic carbocycles. The molecule has 0 unspecified atom stereocenters. The lowest BCUT2D eigenvalue weighted by molar-refractivity contribution is 0.0605. The fourth-order valence-corrected chi connectivity index (χ4v) is 2.83. The van der Waals surface area contributed by atoms with Gasteiger partial charge >= 0.3 is 5.97 Å². The number of esters is 1. The Morgan fingerprint density at radius 1 is 1.42 bits per heavy atom. The average molecular weight is 281 g/mol. The van der Waals surface area contributed by atoms with Crippen molar-refractivity contribution < 1.29 is 14.3 Å². The van der Waals surface area contributed by atoms with Crippen LogP contribution in [0.5, 0.6) is 0 Å². The number of nitrogens with zero attached hydrogens (tertiary/aromatic N) is 2. The number of hydrogen-bond acceptors (Lipinski definition) is 7. The summed E-state index contributed by atoms with van der Waals surface area (Å²) in [6, 6.07) is 0. The Balaban J connectivity index is 2.43. The number of ether oxygens (including phenoxy) is 2. The standard InChI is InChI=1S/C12H15N3O3S/c1-7-8-10(13-4-5-17-2)14-6-15-11(8)19-9(7)12(16)18-3/h6H,4-5H2,1-3H3,(H,13,14,15). The molecule has 19 heavy (non-hydrogen) atoms. The van der Waals surface area contributed by atoms with Crippen molar-refractivity contribution in [1.82, 2.24) is 9.97 Å². The van der Waals surface area contributed by atoms with Crippen LogP contribution in [0.1, 0.15) is 15.2 Å². The van der Waals surface area contributed by atoms with Crippen LogP contribution >= 0.6 is 11.3 Å². The van der Waals surface area contributed by atoms with Crippen LogP contribution in [-0.2, 0) is 9.47 Å². The van der Waals surface area contributed by atoms with Crippen LogP contribution in [0.25, 0.3) is 10.2 Å². The van der Waals surface area contributed by atoms with E-state index in [0.717, 1.165) is 15.8 Å². The second kappa shape index (κ2) is 5.94. The number of carbonyl (C=O) groups excluding carboxylic acids is 1. The summed E-state index contributed by atoms with van der Waals surface area (Å²) in [7, 11) is 3.01. The molecule has 0 fully saturated rings. The molecule has 1 N–H and O–H groups in total. The number of methoxy groups -OCH3 is 2. The van der Waals surface area contributed by atoms with Crippen molar-refractivity contribution in [3.8, 4) is 0 Å². The van der Waals surface area contributed by atoms with E-state index in [-0.39, 0.29) is 5.97 Å². The minimum atomic E-state index is -0.344. The zero-order chi connectivity index (χ0) is 13.8. The van der Waals surface area contributed by atoms with Crippen LogP contribution in [0.15, 0.2) is 6.33 Å². The Hall–Kier alpha value is -1.73. The molecule has 7 heteroatoms. The maximum atomic E-state index is 11.7. The summed E-state index contributed by atoms with van der Waals surface area (Å²) in [6.45, 7) is 3.10. The first-order chi connectivity index (χ1) is 9.19. The summed E-state index contributed by atoms with van der Waals surface area (Å²) in [4.78, 5) is 21.4. The summed E-state index contributed by atoms with van der Waals surface area (Å²) < 4.78 is 9.76. The van der Waals surface area contributed by atoms with Crippen molar-refractivity contribution in [2.45, 2.75) is 6.92 Å². The Bertz CT molecular complexity index is 597. The predicted molar refractivity (Wildman–Crippen MR) is 73.9 cm³/mol. The lowest BCUT2D eigenvalue weighted by atomic mass is 10.2. The van der Waals surface area contributed by atoms with Crippen LogP contribution in [0.3, 0.4) is 0 Å². The molecule has 0 atom stereocenters. The van der Waals surface area contributed by atoms with Gasteiger partial charge in [0, 0.05) is 13.7 Å². The maximum Gasteiger partial charge on any atom is 0.348 e. The quantitative estimate of drug-likeness (QED) is 0.666. The van der Waals surface area contributed by atoms with E-state index in [4.69, 9.17) is 9.47 Å². The van der Waals surface area contributed by atoms with Gasteiger partial charge in [-0.25, -0.2) is 14.8 Å². The number of anilines is 1. The molecule has 0 spiro atoms. The molecule has 2 heterocycles. The van der Waals surface area contributed by atoms with Crippen LogP contribution in [0.2, 0.25) is 0 Å². The smallest absolute Gasteiger partial charge is 0.348 e. The number of rotatable bonds is 5. The normalized spacial score (nSPS) is 10.7. The first-order valence-corrected chi connectivity index (χ1v) is 6.56. The maximum absolute atomic E-state index is 11.7. The third-order valence-corrected chi connectivity index (χ3v) is 3.88. The monoisotopic (exact) mass is 281 g/mol. The van der Waals surface area contributed by atoms with Crippen molar-refractivity contribution in [3.05, 3.63) is 16.8 Å². The topological polar surface area (TPSA) is 73.3 Å². The molecule has 0 radical (unpaired) electrons. The van der Waals surface area contributed by atoms with Crippen LogP contribution in [-0.4, -0.2) is 43.3 Å². The van der Waals surface area contributed by atoms with Gasteiger partial charge in [-0.2, -0.15) is 0 Å². The lowest BCUT2D eigenvalue weighted by Gasteiger charge is -2.06. The molecule has 6 nitrogen and oxygen atoms in total. The Morgan fingerprint density at radius 3 is 2.89 bits per heavy atom. The van der Waals surface area contributed by atoms with E-state index in [0.29, 0.717) is 23.8 Å². The van der Waals surface area contributed by atoms with Crippen molar-refractivity contribution in [2.75, 3.05) is 32.7 Å². The van der Waals surface area contributed by atoms with Gasteiger partial charge in [-0.05, 0) is 12.5 Å². The highest BCUT2D eigenvalue weighted by atomic mass is 32.1. The minimum absolute atomic E-state index is 0.344. The number of nitrogens with one attached hydrogen (secondary N) is 1. The van der Waals surface area contributed by atoms with E-state index < -0.39 is 0 Å². The molecule has 102 valence electrons. The summed E-state index contributed by atoms with van der Waals surface area (Å²) >= 11 is 1.31. The van der Waals surface area contributed by atoms with Crippen molar-refractivity contribution in [2.24, 2.45) is 0 Å². The SMILES string of the molecule is COCCNc1ncnc2sc(C(=O)OC)c(C)c12. The highest BCUT2D eigenvalue weighted by molar-refractivity contribution is 7.20. The molecule has 0 saturated heterocycles. The number of aryl methyl sites for hydroxylation is 1. The van der Waals surface area contributed by atoms with Gasteiger partial charge in [0.15, 0.2) is 0 Å². The number of thiophene rings is 1. The molecule has 0 saturated carbocycles. The summed E-state index contributed by atoms with van der Waals surface area (Å²) in [5, 5.41) is 4.04. The molecule has 2 rings (SSSR count). The van der Waals surface area contributed by atoms with Gasteiger partial charge in [-0.3, -0.25) is 0 Å². The number of fused-ring (bicyclic) bond motifs is 1. The van der Waals surface area contributed by atoms with Gasteiger partial charge in [0.1, 0.15) is 21.9 Å². The predicted octanol–water partition coefficient (Wildman–Crippen LogP) is 1.84. The second-order valence-electron chi connectivity index (χ2n) is 3.87. The molecule has 0 aliphatic rings. The molecule has 0 bridgehead atoms. The van der Waals surface area contributed by atoms with Gasteiger partial charge in [0.05, 0.1) is 19.1 Å². The van der Waals surface area contributed by atoms with E-state index in [2.05, 4.69) is 15.3 Å². The van der Waals surface area contributed by atoms with Crippen molar-refractivity contribution in [3.63, 3.8) is 0 Å². The summed E-state index contributed by atoms with van der Waals surface area (Å²) in [6.07, 6.45) is 1.48. The van der Waals surface area contributed by atoms with E-state index in [1.54, 1.807) is 7.11 Å². The van der Waals surface area contributed by atoms with Gasteiger partial charge in [-0.1, -0.05) is 0 Å². The minimum Gasteiger partial charge on any atom is -0.465 e. The van der Waals surface area contributed by atoms with Crippen LogP contribution in [0.4, 0.5) is 5.82 Å². The summed E-state index contributed by atoms with van der Waals surface area (Å²) in [5.74, 6) is 0.370. The van der Waals surface area contributed by atoms with E-state index >= 15 is 0 Å². The van der Waals surface area contributed by atoms with Gasteiger partial charge in [0.2, 0.25) is 0 Å². The fourth-order valence-electron chi connectivity index (χ4n) is 1.76. The zero-order valence-electron chi connectivity index (χ0n) is 11.0. The van der Waals surface area contributed by atoms with Crippen LogP contribution < -0.4 is 5.32 Å². The Labute approximate surface area is 114 Å². The second-order valence-corrected chi connectivity index (χ2v) is 4.87. The highest BCUT2D eigenvalue weighted by Gasteiger charge is 2.19. The molecule has 0 aromatic carbocycles. The third-order valence-electron chi connectivity index (χ3n) is 2.70. The zero-order valence-corrected chi connectivity index (χ0v) is 11.8. The number of hydrogen-bond donors (Lipinski definition) is 1. The molecular weight excluding hydrogens is 266 g/mol. The Kier molecular flexibility index (Phi) is 4.28. The van der Waals surface area contributed by atoms with Gasteiger partial charge in [0.25, 0.3) is 0 Å². The lowest BCUT2D eigenvalue weighted by Crippen LogP contribution is -2.09. The first kappa shape index (κ1) is 13.7. The third kappa shape index (κ3) is 2.66. The Morgan fingerprint density at radius 2 is 2.21 bits per heavy atom. The molecule has 2 aromatic heterocycles. The van der Waals surface area contributed by atoms with Gasteiger partial charge in [-0.15, -0.1) is 11.3 Å². The molecular formula is C12H15N3O3S. The van der Waals surface area contributed by atoms with Crippen molar-refractivity contribution in [1.29, 1.82) is 0 Å². The van der Waals surface area contributed by atoms with Gasteiger partial charge < -0.3 is 14.8 Å². The van der Waals surface area contributed by atoms with E-state index in [1.165, 1.54) is 24.8 Å². The fraction of sp³-hybridized carbons (Fsp3) is 0.417.